The predicted molar refractivity (Wildman–Crippen MR) is 228 cm³/mol. The number of hydrogen-bond acceptors (Lipinski definition) is 15. The average molecular weight is 855 g/mol. The van der Waals surface area contributed by atoms with Gasteiger partial charge in [-0.3, -0.25) is 19.1 Å². The molecule has 2 unspecified atom stereocenters. The van der Waals surface area contributed by atoms with E-state index < -0.39 is 77.9 Å². The van der Waals surface area contributed by atoms with Gasteiger partial charge in [0.1, 0.15) is 29.4 Å². The van der Waals surface area contributed by atoms with Crippen LogP contribution in [0.2, 0.25) is 0 Å². The molecule has 1 aromatic carbocycles. The number of nitrogen functional groups attached to an aromatic ring is 1. The summed E-state index contributed by atoms with van der Waals surface area (Å²) in [5.41, 5.74) is 5.14. The number of cyclic esters (lactones) is 1. The van der Waals surface area contributed by atoms with Crippen LogP contribution in [-0.2, 0) is 39.9 Å². The lowest BCUT2D eigenvalue weighted by molar-refractivity contribution is -0.295. The van der Waals surface area contributed by atoms with E-state index in [1.807, 2.05) is 77.2 Å². The van der Waals surface area contributed by atoms with Gasteiger partial charge in [-0.2, -0.15) is 5.26 Å². The number of aliphatic hydroxyl groups excluding tert-OH is 1. The van der Waals surface area contributed by atoms with Gasteiger partial charge in [-0.25, -0.2) is 0 Å². The summed E-state index contributed by atoms with van der Waals surface area (Å²) in [5, 5.41) is 45.9. The van der Waals surface area contributed by atoms with Crippen molar-refractivity contribution in [1.29, 1.82) is 5.26 Å². The Morgan fingerprint density at radius 2 is 1.90 bits per heavy atom. The van der Waals surface area contributed by atoms with Crippen molar-refractivity contribution in [2.24, 2.45) is 17.8 Å². The molecule has 5 N–H and O–H groups in total. The monoisotopic (exact) mass is 855 g/mol. The maximum Gasteiger partial charge on any atom is 0.317 e. The average Bonchev–Trinajstić information content (AvgIpc) is 3.70. The molecule has 2 saturated heterocycles. The van der Waals surface area contributed by atoms with Crippen molar-refractivity contribution in [3.05, 3.63) is 30.5 Å². The van der Waals surface area contributed by atoms with Crippen molar-refractivity contribution in [2.75, 3.05) is 40.0 Å². The lowest BCUT2D eigenvalue weighted by Gasteiger charge is -2.47. The molecule has 17 nitrogen and oxygen atoms in total. The summed E-state index contributed by atoms with van der Waals surface area (Å²) in [6, 6.07) is 7.66. The molecule has 0 aliphatic carbocycles. The van der Waals surface area contributed by atoms with Gasteiger partial charge in [0.15, 0.2) is 12.1 Å². The minimum Gasteiger partial charge on any atom is -0.459 e. The van der Waals surface area contributed by atoms with Gasteiger partial charge in [0.05, 0.1) is 42.5 Å². The quantitative estimate of drug-likeness (QED) is 0.0704. The first kappa shape index (κ1) is 49.6. The normalized spacial score (nSPS) is 34.5. The number of ether oxygens (including phenoxy) is 4. The fraction of sp³-hybridized carbons (Fsp3) is 0.727. The highest BCUT2D eigenvalue weighted by Gasteiger charge is 2.51. The summed E-state index contributed by atoms with van der Waals surface area (Å²) in [7, 11) is 5.26. The molecule has 1 amide bonds. The van der Waals surface area contributed by atoms with E-state index in [2.05, 4.69) is 15.6 Å². The van der Waals surface area contributed by atoms with Crippen LogP contribution >= 0.6 is 0 Å². The van der Waals surface area contributed by atoms with Crippen LogP contribution in [0.1, 0.15) is 87.0 Å². The second kappa shape index (κ2) is 21.9. The number of unbranched alkanes of at least 4 members (excludes halogenated alkanes) is 1. The number of nitrogens with zero attached hydrogens (tertiary/aromatic N) is 6. The first-order valence-electron chi connectivity index (χ1n) is 21.6. The number of anilines is 1. The number of nitriles is 1. The number of likely N-dealkylation sites (N-methyl/N-ethyl adjacent to an activating group) is 1. The van der Waals surface area contributed by atoms with Crippen molar-refractivity contribution in [1.82, 2.24) is 30.1 Å². The standard InChI is InChI=1S/C44H70N8O9/c1-11-36-44(7,57)39(51(26-53)19-12-13-20-52-25-34(48-49-52)31-15-14-16-32(46)22-31)30(5)47-24-27(2)23-43(6,58-10)40(29(4)37(54)33(17-18-45)41(56)60-36)61-42-38(55)35(50(8)9)21-28(3)59-42/h14-16,22,25-30,33,35-36,38-40,42,47,55,57H,11-13,17,19-21,23-24,46H2,1-10H3/t27-,28-,29+,30-,33-,35?,36-,38?,39-,40-,42+,43-,44-/m1/s1. The van der Waals surface area contributed by atoms with E-state index in [9.17, 15) is 29.9 Å². The van der Waals surface area contributed by atoms with Crippen molar-refractivity contribution < 1.29 is 43.5 Å². The topological polar surface area (TPSA) is 228 Å². The van der Waals surface area contributed by atoms with E-state index in [1.54, 1.807) is 24.6 Å². The molecular weight excluding hydrogens is 785 g/mol. The van der Waals surface area contributed by atoms with Crippen LogP contribution in [0.3, 0.4) is 0 Å². The van der Waals surface area contributed by atoms with Gasteiger partial charge in [-0.05, 0) is 98.5 Å². The number of aromatic nitrogens is 3. The Hall–Kier alpha value is -4.02. The number of carbonyl (C=O) groups excluding carboxylic acids is 3. The molecule has 3 heterocycles. The SMILES string of the molecule is CC[C@H]1OC(=O)[C@H](CC#N)C(=O)[C@H](C)[C@@H](O[C@@H]2O[C@H](C)CC(N(C)C)C2O)[C@](C)(OC)C[C@@H](C)CN[C@H](C)[C@@H](N(C=O)CCCCn2cc(-c3cccc(N)c3)nn2)[C@]1(C)O. The predicted octanol–water partition coefficient (Wildman–Crippen LogP) is 3.18. The number of Topliss-reactive ketones (excluding diaryl/α,β-unsaturated/α-hetero) is 1. The van der Waals surface area contributed by atoms with Crippen molar-refractivity contribution in [3.8, 4) is 17.3 Å². The number of hydrogen-bond donors (Lipinski definition) is 4. The smallest absolute Gasteiger partial charge is 0.317 e. The zero-order chi connectivity index (χ0) is 45.2. The molecule has 0 saturated carbocycles. The first-order valence-corrected chi connectivity index (χ1v) is 21.6. The van der Waals surface area contributed by atoms with Crippen LogP contribution in [0.5, 0.6) is 0 Å². The van der Waals surface area contributed by atoms with Gasteiger partial charge in [0.2, 0.25) is 6.41 Å². The van der Waals surface area contributed by atoms with Crippen molar-refractivity contribution >= 4 is 23.9 Å². The Bertz CT molecular complexity index is 1790. The number of amides is 1. The molecule has 0 radical (unpaired) electrons. The van der Waals surface area contributed by atoms with E-state index in [1.165, 1.54) is 18.9 Å². The Balaban J connectivity index is 1.64. The Morgan fingerprint density at radius 1 is 1.18 bits per heavy atom. The molecule has 13 atom stereocenters. The zero-order valence-corrected chi connectivity index (χ0v) is 37.7. The maximum atomic E-state index is 14.6. The molecule has 2 aliphatic rings. The molecule has 17 heteroatoms. The lowest BCUT2D eigenvalue weighted by atomic mass is 9.77. The van der Waals surface area contributed by atoms with Crippen LogP contribution in [0.25, 0.3) is 11.3 Å². The molecule has 2 fully saturated rings. The number of benzene rings is 1. The van der Waals surface area contributed by atoms with Gasteiger partial charge >= 0.3 is 5.97 Å². The highest BCUT2D eigenvalue weighted by molar-refractivity contribution is 6.00. The Kier molecular flexibility index (Phi) is 17.8. The summed E-state index contributed by atoms with van der Waals surface area (Å²) in [4.78, 5) is 45.1. The number of aryl methyl sites for hydroxylation is 1. The molecular formula is C44H70N8O9. The number of nitrogens with one attached hydrogen (secondary N) is 1. The first-order chi connectivity index (χ1) is 28.8. The Morgan fingerprint density at radius 3 is 2.52 bits per heavy atom. The fourth-order valence-corrected chi connectivity index (χ4v) is 9.25. The molecule has 340 valence electrons. The number of carbonyl (C=O) groups is 3. The molecule has 2 aromatic rings. The Labute approximate surface area is 361 Å². The minimum atomic E-state index is -1.81. The van der Waals surface area contributed by atoms with Crippen LogP contribution in [0.15, 0.2) is 30.5 Å². The third kappa shape index (κ3) is 12.1. The highest BCUT2D eigenvalue weighted by Crippen LogP contribution is 2.37. The number of methoxy groups -OCH3 is 1. The van der Waals surface area contributed by atoms with E-state index >= 15 is 0 Å². The summed E-state index contributed by atoms with van der Waals surface area (Å²) in [5.74, 6) is -4.26. The number of esters is 1. The molecule has 2 aliphatic heterocycles. The lowest BCUT2D eigenvalue weighted by Crippen LogP contribution is -2.65. The summed E-state index contributed by atoms with van der Waals surface area (Å²) >= 11 is 0. The molecule has 61 heavy (non-hydrogen) atoms. The summed E-state index contributed by atoms with van der Waals surface area (Å²) in [6.07, 6.45) is -0.362. The van der Waals surface area contributed by atoms with Gasteiger partial charge in [-0.15, -0.1) is 5.10 Å². The van der Waals surface area contributed by atoms with Crippen LogP contribution in [0, 0.1) is 29.1 Å². The van der Waals surface area contributed by atoms with Crippen molar-refractivity contribution in [3.63, 3.8) is 0 Å². The summed E-state index contributed by atoms with van der Waals surface area (Å²) < 4.78 is 26.8. The van der Waals surface area contributed by atoms with Crippen LogP contribution < -0.4 is 11.1 Å². The molecule has 1 aromatic heterocycles. The largest absolute Gasteiger partial charge is 0.459 e. The number of ketones is 1. The van der Waals surface area contributed by atoms with E-state index in [0.29, 0.717) is 56.6 Å². The third-order valence-electron chi connectivity index (χ3n) is 12.6. The van der Waals surface area contributed by atoms with Crippen LogP contribution in [0.4, 0.5) is 5.69 Å². The number of aliphatic hydroxyl groups is 2. The second-order valence-corrected chi connectivity index (χ2v) is 17.8. The number of nitrogens with two attached hydrogens (primary N) is 1. The maximum absolute atomic E-state index is 14.6. The third-order valence-corrected chi connectivity index (χ3v) is 12.6. The second-order valence-electron chi connectivity index (χ2n) is 17.8. The molecule has 0 spiro atoms. The molecule has 4 rings (SSSR count). The highest BCUT2D eigenvalue weighted by atomic mass is 16.7. The van der Waals surface area contributed by atoms with Crippen LogP contribution in [-0.4, -0.2) is 147 Å². The summed E-state index contributed by atoms with van der Waals surface area (Å²) in [6.45, 7) is 13.7. The number of rotatable bonds is 14. The van der Waals surface area contributed by atoms with Gasteiger partial charge in [0.25, 0.3) is 0 Å². The zero-order valence-electron chi connectivity index (χ0n) is 37.7. The van der Waals surface area contributed by atoms with E-state index in [-0.39, 0.29) is 31.0 Å². The van der Waals surface area contributed by atoms with Crippen molar-refractivity contribution in [2.45, 2.75) is 154 Å². The van der Waals surface area contributed by atoms with Gasteiger partial charge in [-0.1, -0.05) is 38.1 Å². The van der Waals surface area contributed by atoms with Gasteiger partial charge < -0.3 is 50.0 Å². The minimum absolute atomic E-state index is 0.124. The van der Waals surface area contributed by atoms with Gasteiger partial charge in [0, 0.05) is 49.5 Å². The van der Waals surface area contributed by atoms with E-state index in [0.717, 1.165) is 5.56 Å². The van der Waals surface area contributed by atoms with E-state index in [4.69, 9.17) is 24.7 Å². The fourth-order valence-electron chi connectivity index (χ4n) is 9.25. The molecule has 0 bridgehead atoms.